The quantitative estimate of drug-likeness (QED) is 0.438. The number of nitrogens with one attached hydrogen (secondary N) is 1. The minimum atomic E-state index is -0.720. The van der Waals surface area contributed by atoms with Gasteiger partial charge in [-0.2, -0.15) is 0 Å². The number of hydrogen-bond donors (Lipinski definition) is 1. The number of imidazole rings is 1. The molecular weight excluding hydrogens is 473 g/mol. The summed E-state index contributed by atoms with van der Waals surface area (Å²) in [6.07, 6.45) is 5.54. The molecule has 1 aliphatic carbocycles. The Morgan fingerprint density at radius 2 is 1.83 bits per heavy atom. The summed E-state index contributed by atoms with van der Waals surface area (Å²) >= 11 is 5.90. The minimum absolute atomic E-state index is 0.109. The number of anilines is 1. The molecular formula is C25H23ClFN5O3. The van der Waals surface area contributed by atoms with Crippen LogP contribution in [0.3, 0.4) is 0 Å². The zero-order valence-corrected chi connectivity index (χ0v) is 19.5. The second kappa shape index (κ2) is 9.50. The van der Waals surface area contributed by atoms with Crippen molar-refractivity contribution in [2.45, 2.75) is 44.8 Å². The second-order valence-corrected chi connectivity index (χ2v) is 9.12. The Balaban J connectivity index is 1.60. The molecule has 10 heteroatoms. The first kappa shape index (κ1) is 23.0. The van der Waals surface area contributed by atoms with Gasteiger partial charge in [0.2, 0.25) is 5.91 Å². The van der Waals surface area contributed by atoms with Gasteiger partial charge < -0.3 is 9.88 Å². The standard InChI is InChI=1S/C25H23ClFN5O3/c26-17-10-11-19(27)20(12-17)29-21(33)14-31-24(34)22-23(28-15-32(22)18-8-4-5-9-18)30(25(31)35)13-16-6-2-1-3-7-16/h1-3,6-7,10-12,15,18H,4-5,8-9,13-14H2,(H,29,33). The van der Waals surface area contributed by atoms with E-state index in [2.05, 4.69) is 10.3 Å². The summed E-state index contributed by atoms with van der Waals surface area (Å²) in [6.45, 7) is -0.396. The molecule has 180 valence electrons. The van der Waals surface area contributed by atoms with Gasteiger partial charge in [-0.25, -0.2) is 18.7 Å². The molecule has 8 nitrogen and oxygen atoms in total. The molecule has 0 aliphatic heterocycles. The van der Waals surface area contributed by atoms with E-state index in [-0.39, 0.29) is 34.5 Å². The van der Waals surface area contributed by atoms with Crippen LogP contribution in [0, 0.1) is 5.82 Å². The van der Waals surface area contributed by atoms with Crippen LogP contribution in [-0.2, 0) is 17.9 Å². The molecule has 0 atom stereocenters. The predicted octanol–water partition coefficient (Wildman–Crippen LogP) is 3.95. The van der Waals surface area contributed by atoms with Gasteiger partial charge in [-0.15, -0.1) is 0 Å². The summed E-state index contributed by atoms with van der Waals surface area (Å²) in [5.41, 5.74) is 0.0341. The van der Waals surface area contributed by atoms with E-state index in [1.165, 1.54) is 16.7 Å². The van der Waals surface area contributed by atoms with Crippen LogP contribution >= 0.6 is 11.6 Å². The average Bonchev–Trinajstić information content (AvgIpc) is 3.53. The molecule has 0 saturated heterocycles. The Bertz CT molecular complexity index is 1520. The van der Waals surface area contributed by atoms with E-state index in [9.17, 15) is 18.8 Å². The first-order valence-electron chi connectivity index (χ1n) is 11.4. The van der Waals surface area contributed by atoms with E-state index in [1.54, 1.807) is 6.33 Å². The first-order chi connectivity index (χ1) is 16.9. The second-order valence-electron chi connectivity index (χ2n) is 8.68. The Kier molecular flexibility index (Phi) is 6.25. The van der Waals surface area contributed by atoms with Gasteiger partial charge in [0, 0.05) is 11.1 Å². The summed E-state index contributed by atoms with van der Waals surface area (Å²) in [4.78, 5) is 44.2. The summed E-state index contributed by atoms with van der Waals surface area (Å²) in [5, 5.41) is 2.65. The van der Waals surface area contributed by atoms with Crippen LogP contribution in [0.1, 0.15) is 37.3 Å². The van der Waals surface area contributed by atoms with E-state index < -0.39 is 29.5 Å². The number of hydrogen-bond acceptors (Lipinski definition) is 4. The van der Waals surface area contributed by atoms with Crippen LogP contribution in [0.2, 0.25) is 5.02 Å². The molecule has 5 rings (SSSR count). The smallest absolute Gasteiger partial charge is 0.322 e. The zero-order chi connectivity index (χ0) is 24.5. The fourth-order valence-corrected chi connectivity index (χ4v) is 4.81. The van der Waals surface area contributed by atoms with E-state index in [0.29, 0.717) is 0 Å². The molecule has 35 heavy (non-hydrogen) atoms. The van der Waals surface area contributed by atoms with Crippen LogP contribution in [0.25, 0.3) is 11.2 Å². The molecule has 1 N–H and O–H groups in total. The van der Waals surface area contributed by atoms with Gasteiger partial charge in [0.25, 0.3) is 5.56 Å². The van der Waals surface area contributed by atoms with Gasteiger partial charge in [-0.05, 0) is 36.6 Å². The first-order valence-corrected chi connectivity index (χ1v) is 11.8. The highest BCUT2D eigenvalue weighted by atomic mass is 35.5. The number of halogens is 2. The van der Waals surface area contributed by atoms with Crippen LogP contribution < -0.4 is 16.6 Å². The minimum Gasteiger partial charge on any atom is -0.322 e. The van der Waals surface area contributed by atoms with Crippen molar-refractivity contribution in [2.75, 3.05) is 5.32 Å². The third kappa shape index (κ3) is 4.51. The number of benzene rings is 2. The molecule has 0 spiro atoms. The maximum absolute atomic E-state index is 14.1. The van der Waals surface area contributed by atoms with Crippen LogP contribution in [0.5, 0.6) is 0 Å². The van der Waals surface area contributed by atoms with Crippen LogP contribution in [-0.4, -0.2) is 24.6 Å². The lowest BCUT2D eigenvalue weighted by atomic mass is 10.2. The summed E-state index contributed by atoms with van der Waals surface area (Å²) < 4.78 is 18.2. The van der Waals surface area contributed by atoms with E-state index >= 15 is 0 Å². The third-order valence-electron chi connectivity index (χ3n) is 6.35. The number of carbonyl (C=O) groups is 1. The number of rotatable bonds is 6. The maximum Gasteiger partial charge on any atom is 0.333 e. The highest BCUT2D eigenvalue weighted by Gasteiger charge is 2.25. The monoisotopic (exact) mass is 495 g/mol. The van der Waals surface area contributed by atoms with Crippen molar-refractivity contribution < 1.29 is 9.18 Å². The van der Waals surface area contributed by atoms with E-state index in [4.69, 9.17) is 11.6 Å². The van der Waals surface area contributed by atoms with Crippen molar-refractivity contribution in [1.29, 1.82) is 0 Å². The molecule has 4 aromatic rings. The van der Waals surface area contributed by atoms with Gasteiger partial charge in [0.15, 0.2) is 11.2 Å². The number of amides is 1. The SMILES string of the molecule is O=C(Cn1c(=O)c2c(ncn2C2CCCC2)n(Cc2ccccc2)c1=O)Nc1cc(Cl)ccc1F. The molecule has 0 bridgehead atoms. The fraction of sp³-hybridized carbons (Fsp3) is 0.280. The molecule has 2 aromatic carbocycles. The van der Waals surface area contributed by atoms with Crippen molar-refractivity contribution in [3.63, 3.8) is 0 Å². The largest absolute Gasteiger partial charge is 0.333 e. The summed E-state index contributed by atoms with van der Waals surface area (Å²) in [7, 11) is 0. The molecule has 1 aliphatic rings. The van der Waals surface area contributed by atoms with E-state index in [0.717, 1.165) is 41.9 Å². The zero-order valence-electron chi connectivity index (χ0n) is 18.8. The number of carbonyl (C=O) groups excluding carboxylic acids is 1. The maximum atomic E-state index is 14.1. The van der Waals surface area contributed by atoms with Crippen molar-refractivity contribution in [2.24, 2.45) is 0 Å². The van der Waals surface area contributed by atoms with Gasteiger partial charge in [-0.3, -0.25) is 14.2 Å². The average molecular weight is 496 g/mol. The topological polar surface area (TPSA) is 90.9 Å². The number of fused-ring (bicyclic) bond motifs is 1. The van der Waals surface area contributed by atoms with Crippen LogP contribution in [0.15, 0.2) is 64.4 Å². The molecule has 1 saturated carbocycles. The van der Waals surface area contributed by atoms with E-state index in [1.807, 2.05) is 34.9 Å². The van der Waals surface area contributed by atoms with Crippen molar-refractivity contribution in [1.82, 2.24) is 18.7 Å². The Morgan fingerprint density at radius 3 is 2.57 bits per heavy atom. The highest BCUT2D eigenvalue weighted by Crippen LogP contribution is 2.31. The molecule has 1 amide bonds. The fourth-order valence-electron chi connectivity index (χ4n) is 4.64. The van der Waals surface area contributed by atoms with Crippen molar-refractivity contribution in [3.05, 3.63) is 92.1 Å². The van der Waals surface area contributed by atoms with Gasteiger partial charge in [0.1, 0.15) is 12.4 Å². The van der Waals surface area contributed by atoms with Gasteiger partial charge in [0.05, 0.1) is 18.6 Å². The molecule has 0 unspecified atom stereocenters. The molecule has 1 fully saturated rings. The Labute approximate surface area is 204 Å². The van der Waals surface area contributed by atoms with Gasteiger partial charge >= 0.3 is 5.69 Å². The number of aromatic nitrogens is 4. The number of nitrogens with zero attached hydrogens (tertiary/aromatic N) is 4. The lowest BCUT2D eigenvalue weighted by molar-refractivity contribution is -0.116. The third-order valence-corrected chi connectivity index (χ3v) is 6.58. The lowest BCUT2D eigenvalue weighted by Crippen LogP contribution is -2.43. The normalized spacial score (nSPS) is 14.0. The summed E-state index contributed by atoms with van der Waals surface area (Å²) in [6, 6.07) is 13.2. The Morgan fingerprint density at radius 1 is 1.09 bits per heavy atom. The molecule has 0 radical (unpaired) electrons. The van der Waals surface area contributed by atoms with Crippen molar-refractivity contribution in [3.8, 4) is 0 Å². The molecule has 2 aromatic heterocycles. The summed E-state index contributed by atoms with van der Waals surface area (Å²) in [5.74, 6) is -1.39. The van der Waals surface area contributed by atoms with Crippen LogP contribution in [0.4, 0.5) is 10.1 Å². The van der Waals surface area contributed by atoms with Gasteiger partial charge in [-0.1, -0.05) is 54.8 Å². The predicted molar refractivity (Wildman–Crippen MR) is 131 cm³/mol. The van der Waals surface area contributed by atoms with Crippen molar-refractivity contribution >= 4 is 34.4 Å². The molecule has 2 heterocycles. The lowest BCUT2D eigenvalue weighted by Gasteiger charge is -2.15. The Hall–Kier alpha value is -3.72. The highest BCUT2D eigenvalue weighted by molar-refractivity contribution is 6.30.